The number of aromatic hydroxyl groups is 3. The van der Waals surface area contributed by atoms with Crippen molar-refractivity contribution >= 4 is 11.0 Å². The molecule has 0 radical (unpaired) electrons. The molecule has 0 saturated heterocycles. The van der Waals surface area contributed by atoms with Crippen molar-refractivity contribution in [2.24, 2.45) is 0 Å². The van der Waals surface area contributed by atoms with Crippen molar-refractivity contribution in [1.29, 1.82) is 0 Å². The molecule has 1 aliphatic heterocycles. The summed E-state index contributed by atoms with van der Waals surface area (Å²) in [6.45, 7) is 8.67. The molecule has 1 aliphatic rings. The van der Waals surface area contributed by atoms with E-state index in [0.717, 1.165) is 0 Å². The molecule has 1 aromatic heterocycles. The lowest BCUT2D eigenvalue weighted by molar-refractivity contribution is -0.0645. The average Bonchev–Trinajstić information content (AvgIpc) is 3.18. The summed E-state index contributed by atoms with van der Waals surface area (Å²) in [5, 5.41) is 63.6. The van der Waals surface area contributed by atoms with Crippen molar-refractivity contribution in [3.8, 4) is 34.3 Å². The van der Waals surface area contributed by atoms with Crippen molar-refractivity contribution in [2.45, 2.75) is 96.1 Å². The van der Waals surface area contributed by atoms with E-state index >= 15 is 0 Å². The second-order valence-corrected chi connectivity index (χ2v) is 11.8. The van der Waals surface area contributed by atoms with Gasteiger partial charge in [0.15, 0.2) is 11.5 Å². The van der Waals surface area contributed by atoms with Gasteiger partial charge in [-0.3, -0.25) is 0 Å². The smallest absolute Gasteiger partial charge is 0.169 e. The van der Waals surface area contributed by atoms with Crippen molar-refractivity contribution in [2.75, 3.05) is 0 Å². The number of benzene rings is 2. The molecule has 0 unspecified atom stereocenters. The number of phenols is 3. The normalized spacial score (nSPS) is 20.2. The Morgan fingerprint density at radius 2 is 1.57 bits per heavy atom. The van der Waals surface area contributed by atoms with Crippen LogP contribution < -0.4 is 4.74 Å². The molecule has 0 amide bonds. The van der Waals surface area contributed by atoms with Gasteiger partial charge >= 0.3 is 0 Å². The predicted octanol–water partition coefficient (Wildman–Crippen LogP) is 4.92. The molecule has 8 heteroatoms. The van der Waals surface area contributed by atoms with Gasteiger partial charge in [0.2, 0.25) is 0 Å². The van der Waals surface area contributed by atoms with Gasteiger partial charge in [0, 0.05) is 34.6 Å². The number of ether oxygens (including phenoxy) is 1. The highest BCUT2D eigenvalue weighted by Crippen LogP contribution is 2.50. The lowest BCUT2D eigenvalue weighted by Crippen LogP contribution is -2.49. The Morgan fingerprint density at radius 1 is 0.946 bits per heavy atom. The first-order valence-electron chi connectivity index (χ1n) is 12.7. The Bertz CT molecular complexity index is 1270. The van der Waals surface area contributed by atoms with E-state index in [0.29, 0.717) is 65.5 Å². The van der Waals surface area contributed by atoms with Gasteiger partial charge in [-0.2, -0.15) is 0 Å². The van der Waals surface area contributed by atoms with Gasteiger partial charge < -0.3 is 39.8 Å². The number of aliphatic hydroxyl groups is 3. The van der Waals surface area contributed by atoms with Crippen LogP contribution in [-0.4, -0.2) is 53.5 Å². The van der Waals surface area contributed by atoms with Gasteiger partial charge in [-0.1, -0.05) is 0 Å². The van der Waals surface area contributed by atoms with Crippen LogP contribution in [0.15, 0.2) is 28.7 Å². The van der Waals surface area contributed by atoms with Crippen LogP contribution in [0, 0.1) is 0 Å². The van der Waals surface area contributed by atoms with Crippen LogP contribution in [0.1, 0.15) is 71.4 Å². The third-order valence-electron chi connectivity index (χ3n) is 7.18. The van der Waals surface area contributed by atoms with Crippen LogP contribution in [0.2, 0.25) is 0 Å². The monoisotopic (exact) mass is 514 g/mol. The van der Waals surface area contributed by atoms with Crippen molar-refractivity contribution in [3.05, 3.63) is 35.4 Å². The van der Waals surface area contributed by atoms with Gasteiger partial charge in [-0.05, 0) is 84.9 Å². The number of fused-ring (bicyclic) bond motifs is 3. The van der Waals surface area contributed by atoms with E-state index in [4.69, 9.17) is 9.15 Å². The summed E-state index contributed by atoms with van der Waals surface area (Å²) in [5.41, 5.74) is -0.826. The molecular formula is C29H38O8. The molecule has 6 N–H and O–H groups in total. The Morgan fingerprint density at radius 3 is 2.16 bits per heavy atom. The Kier molecular flexibility index (Phi) is 6.90. The van der Waals surface area contributed by atoms with Gasteiger partial charge in [0.1, 0.15) is 28.4 Å². The van der Waals surface area contributed by atoms with Crippen LogP contribution in [0.5, 0.6) is 23.0 Å². The molecule has 37 heavy (non-hydrogen) atoms. The maximum atomic E-state index is 11.4. The topological polar surface area (TPSA) is 144 Å². The van der Waals surface area contributed by atoms with Crippen LogP contribution in [-0.2, 0) is 12.8 Å². The molecular weight excluding hydrogens is 476 g/mol. The molecule has 0 bridgehead atoms. The van der Waals surface area contributed by atoms with Crippen LogP contribution >= 0.6 is 0 Å². The number of hydrogen-bond donors (Lipinski definition) is 6. The summed E-state index contributed by atoms with van der Waals surface area (Å²) >= 11 is 0. The van der Waals surface area contributed by atoms with E-state index < -0.39 is 22.9 Å². The lowest BCUT2D eigenvalue weighted by atomic mass is 9.83. The molecule has 8 nitrogen and oxygen atoms in total. The quantitative estimate of drug-likeness (QED) is 0.249. The summed E-state index contributed by atoms with van der Waals surface area (Å²) in [4.78, 5) is 0. The number of aliphatic hydroxyl groups excluding tert-OH is 1. The first kappa shape index (κ1) is 27.1. The van der Waals surface area contributed by atoms with Gasteiger partial charge in [0.25, 0.3) is 0 Å². The first-order chi connectivity index (χ1) is 17.1. The summed E-state index contributed by atoms with van der Waals surface area (Å²) in [5.74, 6) is 0.310. The molecule has 0 saturated carbocycles. The fourth-order valence-corrected chi connectivity index (χ4v) is 5.01. The molecule has 2 atom stereocenters. The second kappa shape index (κ2) is 9.42. The SMILES string of the molecule is CC(C)(O)CCC[C@]1(C)Oc2c(O)c(CCC(C)(C)O)c3cc(-c4cc(O)cc(O)c4)oc3c2C[C@@H]1O. The van der Waals surface area contributed by atoms with E-state index in [2.05, 4.69) is 0 Å². The van der Waals surface area contributed by atoms with Crippen molar-refractivity contribution < 1.29 is 39.8 Å². The Balaban J connectivity index is 1.83. The number of phenolic OH excluding ortho intramolecular Hbond substituents is 3. The van der Waals surface area contributed by atoms with E-state index in [9.17, 15) is 30.6 Å². The summed E-state index contributed by atoms with van der Waals surface area (Å²) in [6, 6.07) is 5.88. The highest BCUT2D eigenvalue weighted by atomic mass is 16.5. The minimum atomic E-state index is -0.983. The van der Waals surface area contributed by atoms with Crippen LogP contribution in [0.25, 0.3) is 22.3 Å². The minimum Gasteiger partial charge on any atom is -0.508 e. The number of aryl methyl sites for hydroxylation is 1. The summed E-state index contributed by atoms with van der Waals surface area (Å²) < 4.78 is 12.5. The van der Waals surface area contributed by atoms with E-state index in [1.165, 1.54) is 18.2 Å². The lowest BCUT2D eigenvalue weighted by Gasteiger charge is -2.40. The van der Waals surface area contributed by atoms with Crippen LogP contribution in [0.4, 0.5) is 0 Å². The first-order valence-corrected chi connectivity index (χ1v) is 12.7. The van der Waals surface area contributed by atoms with E-state index in [1.807, 2.05) is 0 Å². The third kappa shape index (κ3) is 5.81. The molecule has 2 heterocycles. The largest absolute Gasteiger partial charge is 0.508 e. The molecule has 4 rings (SSSR count). The molecule has 0 spiro atoms. The average molecular weight is 515 g/mol. The number of hydrogen-bond acceptors (Lipinski definition) is 8. The van der Waals surface area contributed by atoms with E-state index in [1.54, 1.807) is 40.7 Å². The molecule has 0 fully saturated rings. The molecule has 0 aliphatic carbocycles. The maximum absolute atomic E-state index is 11.4. The van der Waals surface area contributed by atoms with Gasteiger partial charge in [-0.25, -0.2) is 0 Å². The fourth-order valence-electron chi connectivity index (χ4n) is 5.01. The predicted molar refractivity (Wildman–Crippen MR) is 140 cm³/mol. The zero-order chi connectivity index (χ0) is 27.3. The highest BCUT2D eigenvalue weighted by molar-refractivity contribution is 5.93. The second-order valence-electron chi connectivity index (χ2n) is 11.8. The van der Waals surface area contributed by atoms with Gasteiger partial charge in [0.05, 0.1) is 17.3 Å². The zero-order valence-corrected chi connectivity index (χ0v) is 22.1. The van der Waals surface area contributed by atoms with Crippen molar-refractivity contribution in [1.82, 2.24) is 0 Å². The Labute approximate surface area is 216 Å². The molecule has 202 valence electrons. The number of furan rings is 1. The minimum absolute atomic E-state index is 0.0570. The van der Waals surface area contributed by atoms with Crippen LogP contribution in [0.3, 0.4) is 0 Å². The molecule has 3 aromatic rings. The standard InChI is InChI=1S/C29H38O8/c1-27(2,34)8-6-9-29(5)23(32)15-21-25-20(14-22(36-25)16-11-17(30)13-18(31)12-16)19(7-10-28(3,4)35)24(33)26(21)37-29/h11-14,23,30-35H,6-10,15H2,1-5H3/t23-,29-/m0/s1. The zero-order valence-electron chi connectivity index (χ0n) is 22.1. The fraction of sp³-hybridized carbons (Fsp3) is 0.517. The van der Waals surface area contributed by atoms with Crippen molar-refractivity contribution in [3.63, 3.8) is 0 Å². The highest BCUT2D eigenvalue weighted by Gasteiger charge is 2.43. The number of rotatable bonds is 8. The summed E-state index contributed by atoms with van der Waals surface area (Å²) in [7, 11) is 0. The Hall–Kier alpha value is -2.94. The molecule has 2 aromatic carbocycles. The van der Waals surface area contributed by atoms with E-state index in [-0.39, 0.29) is 29.4 Å². The van der Waals surface area contributed by atoms with Gasteiger partial charge in [-0.15, -0.1) is 0 Å². The maximum Gasteiger partial charge on any atom is 0.169 e. The summed E-state index contributed by atoms with van der Waals surface area (Å²) in [6.07, 6.45) is 1.63. The third-order valence-corrected chi connectivity index (χ3v) is 7.18.